The van der Waals surface area contributed by atoms with Gasteiger partial charge in [-0.2, -0.15) is 23.4 Å². The summed E-state index contributed by atoms with van der Waals surface area (Å²) in [5, 5.41) is 17.0. The van der Waals surface area contributed by atoms with E-state index in [2.05, 4.69) is 30.6 Å². The first kappa shape index (κ1) is 23.2. The van der Waals surface area contributed by atoms with E-state index in [0.717, 1.165) is 10.4 Å². The Bertz CT molecular complexity index is 1810. The summed E-state index contributed by atoms with van der Waals surface area (Å²) in [6.45, 7) is 0. The van der Waals surface area contributed by atoms with Gasteiger partial charge in [0.25, 0.3) is 0 Å². The lowest BCUT2D eigenvalue weighted by atomic mass is 9.96. The van der Waals surface area contributed by atoms with Crippen molar-refractivity contribution in [3.8, 4) is 22.8 Å². The maximum Gasteiger partial charge on any atom is 0.410 e. The van der Waals surface area contributed by atoms with E-state index >= 15 is 0 Å². The summed E-state index contributed by atoms with van der Waals surface area (Å²) in [6, 6.07) is 14.1. The van der Waals surface area contributed by atoms with Crippen molar-refractivity contribution < 1.29 is 17.9 Å². The highest BCUT2D eigenvalue weighted by Gasteiger charge is 2.47. The van der Waals surface area contributed by atoms with Crippen molar-refractivity contribution in [2.45, 2.75) is 24.7 Å². The second kappa shape index (κ2) is 8.55. The molecule has 10 nitrogen and oxygen atoms in total. The number of hydrogen-bond donors (Lipinski definition) is 1. The molecule has 6 aromatic rings. The Morgan fingerprint density at radius 1 is 0.974 bits per heavy atom. The Kier molecular flexibility index (Phi) is 5.08. The number of ether oxygens (including phenoxy) is 1. The van der Waals surface area contributed by atoms with E-state index in [1.165, 1.54) is 24.1 Å². The Morgan fingerprint density at radius 3 is 2.51 bits per heavy atom. The van der Waals surface area contributed by atoms with Gasteiger partial charge in [0, 0.05) is 6.42 Å². The molecule has 1 N–H and O–H groups in total. The van der Waals surface area contributed by atoms with Gasteiger partial charge in [0.05, 0.1) is 42.2 Å². The summed E-state index contributed by atoms with van der Waals surface area (Å²) < 4.78 is 51.8. The minimum absolute atomic E-state index is 0.199. The lowest BCUT2D eigenvalue weighted by Gasteiger charge is -2.34. The van der Waals surface area contributed by atoms with Crippen LogP contribution in [0.25, 0.3) is 33.8 Å². The lowest BCUT2D eigenvalue weighted by Crippen LogP contribution is -2.35. The molecule has 13 heteroatoms. The monoisotopic (exact) mass is 531 g/mol. The van der Waals surface area contributed by atoms with Gasteiger partial charge >= 0.3 is 6.18 Å². The van der Waals surface area contributed by atoms with E-state index in [-0.39, 0.29) is 18.1 Å². The van der Waals surface area contributed by atoms with Gasteiger partial charge in [-0.1, -0.05) is 30.3 Å². The molecule has 0 fully saturated rings. The molecular formula is C26H20F3N9O. The van der Waals surface area contributed by atoms with Crippen LogP contribution in [-0.2, 0) is 0 Å². The number of fused-ring (bicyclic) bond motifs is 4. The first-order chi connectivity index (χ1) is 18.9. The molecule has 1 aliphatic rings. The van der Waals surface area contributed by atoms with Crippen LogP contribution in [0.2, 0.25) is 0 Å². The van der Waals surface area contributed by atoms with E-state index in [4.69, 9.17) is 4.74 Å². The largest absolute Gasteiger partial charge is 0.497 e. The maximum atomic E-state index is 14.2. The summed E-state index contributed by atoms with van der Waals surface area (Å²) >= 11 is 0. The molecule has 7 rings (SSSR count). The molecule has 0 saturated heterocycles. The van der Waals surface area contributed by atoms with Crippen molar-refractivity contribution in [1.29, 1.82) is 0 Å². The standard InChI is InChI=1S/C26H20F3N9O/c1-39-17-9-7-15(8-10-17)20-11-21(26(27,28)29)38-25(33-20)18(12-32-38)22-34-24-19-13-31-37(16-5-3-2-4-6-16)23(19)30-14-36(24)35-22/h2-10,12-14,20-21,33H,11H2,1H3/t20-,21-/m1/s1. The van der Waals surface area contributed by atoms with E-state index in [0.29, 0.717) is 33.6 Å². The van der Waals surface area contributed by atoms with Gasteiger partial charge in [0.15, 0.2) is 23.2 Å². The van der Waals surface area contributed by atoms with Crippen molar-refractivity contribution in [1.82, 2.24) is 39.1 Å². The number of nitrogens with zero attached hydrogens (tertiary/aromatic N) is 8. The zero-order valence-corrected chi connectivity index (χ0v) is 20.4. The summed E-state index contributed by atoms with van der Waals surface area (Å²) in [7, 11) is 1.54. The fourth-order valence-electron chi connectivity index (χ4n) is 4.97. The number of halogens is 3. The van der Waals surface area contributed by atoms with Gasteiger partial charge < -0.3 is 10.1 Å². The molecule has 1 aliphatic heterocycles. The first-order valence-electron chi connectivity index (χ1n) is 12.1. The Morgan fingerprint density at radius 2 is 1.77 bits per heavy atom. The molecule has 196 valence electrons. The second-order valence-electron chi connectivity index (χ2n) is 9.19. The van der Waals surface area contributed by atoms with E-state index in [1.54, 1.807) is 35.1 Å². The van der Waals surface area contributed by atoms with Gasteiger partial charge in [-0.3, -0.25) is 0 Å². The number of benzene rings is 2. The molecule has 39 heavy (non-hydrogen) atoms. The molecular weight excluding hydrogens is 511 g/mol. The molecule has 2 aromatic carbocycles. The minimum Gasteiger partial charge on any atom is -0.497 e. The number of hydrogen-bond acceptors (Lipinski definition) is 7. The van der Waals surface area contributed by atoms with Crippen molar-refractivity contribution in [3.63, 3.8) is 0 Å². The predicted molar refractivity (Wildman–Crippen MR) is 136 cm³/mol. The molecule has 0 amide bonds. The topological polar surface area (TPSA) is 100.0 Å². The highest BCUT2D eigenvalue weighted by Crippen LogP contribution is 2.46. The Labute approximate surface area is 218 Å². The minimum atomic E-state index is -4.50. The van der Waals surface area contributed by atoms with Gasteiger partial charge in [-0.05, 0) is 29.8 Å². The van der Waals surface area contributed by atoms with Crippen LogP contribution in [0.5, 0.6) is 5.75 Å². The van der Waals surface area contributed by atoms with Gasteiger partial charge in [0.1, 0.15) is 17.9 Å². The van der Waals surface area contributed by atoms with Crippen LogP contribution in [0.4, 0.5) is 19.0 Å². The highest BCUT2D eigenvalue weighted by atomic mass is 19.4. The van der Waals surface area contributed by atoms with Crippen LogP contribution in [0.3, 0.4) is 0 Å². The molecule has 0 unspecified atom stereocenters. The zero-order chi connectivity index (χ0) is 26.7. The number of methoxy groups -OCH3 is 1. The molecule has 0 saturated carbocycles. The van der Waals surface area contributed by atoms with Gasteiger partial charge in [-0.25, -0.2) is 23.8 Å². The average Bonchev–Trinajstić information content (AvgIpc) is 3.68. The summed E-state index contributed by atoms with van der Waals surface area (Å²) in [5.74, 6) is 1.04. The van der Waals surface area contributed by atoms with Gasteiger partial charge in [-0.15, -0.1) is 5.10 Å². The van der Waals surface area contributed by atoms with Crippen LogP contribution in [-0.4, -0.2) is 52.4 Å². The normalized spacial score (nSPS) is 17.3. The fourth-order valence-corrected chi connectivity index (χ4v) is 4.97. The van der Waals surface area contributed by atoms with Crippen LogP contribution in [0.15, 0.2) is 73.3 Å². The van der Waals surface area contributed by atoms with E-state index in [9.17, 15) is 13.2 Å². The molecule has 0 bridgehead atoms. The molecule has 2 atom stereocenters. The van der Waals surface area contributed by atoms with E-state index in [1.807, 2.05) is 30.3 Å². The SMILES string of the molecule is COc1ccc([C@H]2C[C@H](C(F)(F)F)n3ncc(-c4nc5c6cnn(-c7ccccc7)c6ncn5n4)c3N2)cc1. The van der Waals surface area contributed by atoms with Crippen LogP contribution in [0, 0.1) is 0 Å². The Balaban J connectivity index is 1.32. The maximum absolute atomic E-state index is 14.2. The number of alkyl halides is 3. The van der Waals surface area contributed by atoms with Crippen molar-refractivity contribution in [2.24, 2.45) is 0 Å². The van der Waals surface area contributed by atoms with Crippen molar-refractivity contribution in [3.05, 3.63) is 78.9 Å². The lowest BCUT2D eigenvalue weighted by molar-refractivity contribution is -0.173. The zero-order valence-electron chi connectivity index (χ0n) is 20.4. The Hall–Kier alpha value is -4.94. The van der Waals surface area contributed by atoms with E-state index < -0.39 is 18.3 Å². The number of rotatable bonds is 4. The second-order valence-corrected chi connectivity index (χ2v) is 9.19. The smallest absolute Gasteiger partial charge is 0.410 e. The molecule has 0 aliphatic carbocycles. The van der Waals surface area contributed by atoms with Crippen LogP contribution < -0.4 is 10.1 Å². The quantitative estimate of drug-likeness (QED) is 0.342. The number of anilines is 1. The van der Waals surface area contributed by atoms with Crippen molar-refractivity contribution >= 4 is 22.5 Å². The summed E-state index contributed by atoms with van der Waals surface area (Å²) in [6.07, 6.45) is -0.194. The fraction of sp³-hybridized carbons (Fsp3) is 0.192. The number of aromatic nitrogens is 8. The van der Waals surface area contributed by atoms with Crippen molar-refractivity contribution in [2.75, 3.05) is 12.4 Å². The number of para-hydroxylation sites is 1. The molecule has 4 aromatic heterocycles. The molecule has 5 heterocycles. The molecule has 0 radical (unpaired) electrons. The summed E-state index contributed by atoms with van der Waals surface area (Å²) in [5.41, 5.74) is 2.95. The molecule has 0 spiro atoms. The van der Waals surface area contributed by atoms with Crippen LogP contribution >= 0.6 is 0 Å². The highest BCUT2D eigenvalue weighted by molar-refractivity contribution is 5.90. The summed E-state index contributed by atoms with van der Waals surface area (Å²) in [4.78, 5) is 9.18. The number of nitrogens with one attached hydrogen (secondary N) is 1. The van der Waals surface area contributed by atoms with Crippen LogP contribution in [0.1, 0.15) is 24.1 Å². The predicted octanol–water partition coefficient (Wildman–Crippen LogP) is 5.00. The first-order valence-corrected chi connectivity index (χ1v) is 12.1. The average molecular weight is 532 g/mol. The third-order valence-electron chi connectivity index (χ3n) is 6.90. The third-order valence-corrected chi connectivity index (χ3v) is 6.90. The van der Waals surface area contributed by atoms with Gasteiger partial charge in [0.2, 0.25) is 0 Å². The third kappa shape index (κ3) is 3.76.